The minimum atomic E-state index is -0.758. The maximum atomic E-state index is 11.3. The van der Waals surface area contributed by atoms with Crippen molar-refractivity contribution < 1.29 is 14.3 Å². The van der Waals surface area contributed by atoms with Crippen LogP contribution in [0.2, 0.25) is 0 Å². The van der Waals surface area contributed by atoms with Crippen LogP contribution in [0.25, 0.3) is 0 Å². The molecule has 1 fully saturated rings. The van der Waals surface area contributed by atoms with E-state index in [1.54, 1.807) is 0 Å². The van der Waals surface area contributed by atoms with Crippen molar-refractivity contribution in [1.82, 2.24) is 5.32 Å². The molecule has 68 valence electrons. The highest BCUT2D eigenvalue weighted by Crippen LogP contribution is 2.29. The Kier molecular flexibility index (Phi) is 2.08. The molecule has 0 aromatic carbocycles. The molecule has 1 saturated heterocycles. The van der Waals surface area contributed by atoms with E-state index < -0.39 is 5.54 Å². The van der Waals surface area contributed by atoms with E-state index >= 15 is 0 Å². The molecular formula is C8H13NO3. The van der Waals surface area contributed by atoms with Gasteiger partial charge in [-0.1, -0.05) is 13.8 Å². The Labute approximate surface area is 71.3 Å². The van der Waals surface area contributed by atoms with Gasteiger partial charge in [0.25, 0.3) is 0 Å². The summed E-state index contributed by atoms with van der Waals surface area (Å²) in [5, 5.41) is 2.59. The Morgan fingerprint density at radius 2 is 2.17 bits per heavy atom. The predicted molar refractivity (Wildman–Crippen MR) is 42.3 cm³/mol. The molecule has 1 N–H and O–H groups in total. The number of nitrogens with one attached hydrogen (secondary N) is 1. The first-order valence-electron chi connectivity index (χ1n) is 3.92. The van der Waals surface area contributed by atoms with Crippen molar-refractivity contribution in [3.63, 3.8) is 0 Å². The molecule has 1 heterocycles. The van der Waals surface area contributed by atoms with Gasteiger partial charge in [-0.3, -0.25) is 4.79 Å². The molecule has 4 heteroatoms. The first-order valence-corrected chi connectivity index (χ1v) is 3.92. The lowest BCUT2D eigenvalue weighted by molar-refractivity contribution is -0.162. The minimum absolute atomic E-state index is 0.0719. The van der Waals surface area contributed by atoms with Crippen LogP contribution < -0.4 is 5.32 Å². The molecule has 0 spiro atoms. The molecule has 1 aliphatic heterocycles. The summed E-state index contributed by atoms with van der Waals surface area (Å²) in [6.07, 6.45) is 0.247. The smallest absolute Gasteiger partial charge is 0.332 e. The highest BCUT2D eigenvalue weighted by molar-refractivity contribution is 5.99. The third-order valence-electron chi connectivity index (χ3n) is 2.34. The summed E-state index contributed by atoms with van der Waals surface area (Å²) in [5.41, 5.74) is -0.758. The van der Waals surface area contributed by atoms with E-state index in [0.717, 1.165) is 0 Å². The van der Waals surface area contributed by atoms with E-state index in [4.69, 9.17) is 0 Å². The van der Waals surface area contributed by atoms with Crippen molar-refractivity contribution >= 4 is 11.9 Å². The fourth-order valence-corrected chi connectivity index (χ4v) is 1.37. The fourth-order valence-electron chi connectivity index (χ4n) is 1.37. The summed E-state index contributed by atoms with van der Waals surface area (Å²) in [6.45, 7) is 3.77. The Balaban J connectivity index is 2.76. The van der Waals surface area contributed by atoms with Crippen molar-refractivity contribution in [1.29, 1.82) is 0 Å². The van der Waals surface area contributed by atoms with Crippen LogP contribution in [0, 0.1) is 5.92 Å². The number of ether oxygens (including phenoxy) is 1. The van der Waals surface area contributed by atoms with Crippen LogP contribution in [0.1, 0.15) is 20.3 Å². The molecular weight excluding hydrogens is 158 g/mol. The normalized spacial score (nSPS) is 27.8. The van der Waals surface area contributed by atoms with Crippen molar-refractivity contribution in [3.05, 3.63) is 0 Å². The van der Waals surface area contributed by atoms with Crippen LogP contribution in [0.15, 0.2) is 0 Å². The van der Waals surface area contributed by atoms with E-state index in [2.05, 4.69) is 10.1 Å². The van der Waals surface area contributed by atoms with Crippen LogP contribution in [-0.2, 0) is 14.3 Å². The second kappa shape index (κ2) is 2.77. The molecule has 1 rings (SSSR count). The lowest BCUT2D eigenvalue weighted by atomic mass is 9.77. The zero-order chi connectivity index (χ0) is 9.35. The average molecular weight is 171 g/mol. The molecule has 12 heavy (non-hydrogen) atoms. The van der Waals surface area contributed by atoms with Crippen molar-refractivity contribution in [3.8, 4) is 0 Å². The van der Waals surface area contributed by atoms with Crippen molar-refractivity contribution in [2.24, 2.45) is 5.92 Å². The van der Waals surface area contributed by atoms with Gasteiger partial charge in [0.15, 0.2) is 0 Å². The summed E-state index contributed by atoms with van der Waals surface area (Å²) in [4.78, 5) is 22.0. The Morgan fingerprint density at radius 1 is 1.67 bits per heavy atom. The number of rotatable bonds is 2. The van der Waals surface area contributed by atoms with E-state index in [1.807, 2.05) is 13.8 Å². The molecule has 0 aromatic heterocycles. The Hall–Kier alpha value is -1.06. The predicted octanol–water partition coefficient (Wildman–Crippen LogP) is 0.0741. The summed E-state index contributed by atoms with van der Waals surface area (Å²) in [5.74, 6) is -0.367. The molecule has 0 bridgehead atoms. The van der Waals surface area contributed by atoms with Crippen LogP contribution >= 0.6 is 0 Å². The van der Waals surface area contributed by atoms with E-state index in [0.29, 0.717) is 0 Å². The van der Waals surface area contributed by atoms with Gasteiger partial charge in [0.05, 0.1) is 13.5 Å². The maximum Gasteiger partial charge on any atom is 0.332 e. The fraction of sp³-hybridized carbons (Fsp3) is 0.750. The summed E-state index contributed by atoms with van der Waals surface area (Å²) < 4.78 is 4.61. The number of hydrogen-bond donors (Lipinski definition) is 1. The number of esters is 1. The van der Waals surface area contributed by atoms with E-state index in [9.17, 15) is 9.59 Å². The molecule has 1 amide bonds. The summed E-state index contributed by atoms with van der Waals surface area (Å²) in [7, 11) is 1.33. The van der Waals surface area contributed by atoms with Gasteiger partial charge in [0, 0.05) is 0 Å². The van der Waals surface area contributed by atoms with Gasteiger partial charge in [-0.2, -0.15) is 0 Å². The van der Waals surface area contributed by atoms with Gasteiger partial charge in [0.2, 0.25) is 5.91 Å². The van der Waals surface area contributed by atoms with Crippen LogP contribution in [0.3, 0.4) is 0 Å². The quantitative estimate of drug-likeness (QED) is 0.472. The lowest BCUT2D eigenvalue weighted by Crippen LogP contribution is -2.68. The molecule has 0 saturated carbocycles. The minimum Gasteiger partial charge on any atom is -0.467 e. The number of hydrogen-bond acceptors (Lipinski definition) is 3. The highest BCUT2D eigenvalue weighted by Gasteiger charge is 2.52. The topological polar surface area (TPSA) is 55.4 Å². The summed E-state index contributed by atoms with van der Waals surface area (Å²) in [6, 6.07) is 0. The molecule has 1 atom stereocenters. The second-order valence-corrected chi connectivity index (χ2v) is 3.34. The van der Waals surface area contributed by atoms with E-state index in [1.165, 1.54) is 7.11 Å². The third-order valence-corrected chi connectivity index (χ3v) is 2.34. The zero-order valence-corrected chi connectivity index (χ0v) is 7.51. The monoisotopic (exact) mass is 171 g/mol. The number of carbonyl (C=O) groups excluding carboxylic acids is 2. The van der Waals surface area contributed by atoms with Gasteiger partial charge < -0.3 is 10.1 Å². The van der Waals surface area contributed by atoms with Crippen LogP contribution in [0.4, 0.5) is 0 Å². The zero-order valence-electron chi connectivity index (χ0n) is 7.51. The lowest BCUT2D eigenvalue weighted by Gasteiger charge is -2.42. The largest absolute Gasteiger partial charge is 0.467 e. The van der Waals surface area contributed by atoms with Gasteiger partial charge in [0.1, 0.15) is 5.54 Å². The first-order chi connectivity index (χ1) is 5.53. The van der Waals surface area contributed by atoms with Crippen LogP contribution in [-0.4, -0.2) is 24.5 Å². The van der Waals surface area contributed by atoms with Gasteiger partial charge >= 0.3 is 5.97 Å². The molecule has 0 aromatic rings. The van der Waals surface area contributed by atoms with Gasteiger partial charge in [-0.15, -0.1) is 0 Å². The van der Waals surface area contributed by atoms with Gasteiger partial charge in [-0.25, -0.2) is 4.79 Å². The maximum absolute atomic E-state index is 11.3. The molecule has 0 radical (unpaired) electrons. The van der Waals surface area contributed by atoms with Crippen molar-refractivity contribution in [2.75, 3.05) is 7.11 Å². The SMILES string of the molecule is COC(=O)C1(C(C)C)CC(=O)N1. The Bertz CT molecular complexity index is 214. The molecule has 1 unspecified atom stereocenters. The van der Waals surface area contributed by atoms with Crippen molar-refractivity contribution in [2.45, 2.75) is 25.8 Å². The number of carbonyl (C=O) groups is 2. The molecule has 4 nitrogen and oxygen atoms in total. The van der Waals surface area contributed by atoms with Crippen LogP contribution in [0.5, 0.6) is 0 Å². The molecule has 1 aliphatic rings. The Morgan fingerprint density at radius 3 is 2.42 bits per heavy atom. The number of methoxy groups -OCH3 is 1. The second-order valence-electron chi connectivity index (χ2n) is 3.34. The number of amides is 1. The first kappa shape index (κ1) is 9.03. The third kappa shape index (κ3) is 1.07. The number of β-lactam (4-membered cyclic amide) rings is 1. The van der Waals surface area contributed by atoms with Gasteiger partial charge in [-0.05, 0) is 5.92 Å². The standard InChI is InChI=1S/C8H13NO3/c1-5(2)8(7(11)12-3)4-6(10)9-8/h5H,4H2,1-3H3,(H,9,10). The van der Waals surface area contributed by atoms with E-state index in [-0.39, 0.29) is 24.2 Å². The summed E-state index contributed by atoms with van der Waals surface area (Å²) >= 11 is 0. The highest BCUT2D eigenvalue weighted by atomic mass is 16.5. The average Bonchev–Trinajstić information content (AvgIpc) is 1.96. The molecule has 0 aliphatic carbocycles.